The number of hydrogen-bond donors (Lipinski definition) is 0. The smallest absolute Gasteiger partial charge is 0.233 e. The maximum atomic E-state index is 12.7. The number of hydrogen-bond acceptors (Lipinski definition) is 7. The summed E-state index contributed by atoms with van der Waals surface area (Å²) < 4.78 is 12.7. The van der Waals surface area contributed by atoms with E-state index in [1.807, 2.05) is 60.7 Å². The summed E-state index contributed by atoms with van der Waals surface area (Å²) in [5.41, 5.74) is 1.96. The maximum absolute atomic E-state index is 12.7. The van der Waals surface area contributed by atoms with Crippen LogP contribution >= 0.6 is 23.4 Å². The number of methoxy groups -OCH3 is 1. The highest BCUT2D eigenvalue weighted by Crippen LogP contribution is 2.24. The van der Waals surface area contributed by atoms with Crippen LogP contribution in [-0.4, -0.2) is 50.9 Å². The van der Waals surface area contributed by atoms with Crippen LogP contribution in [0.25, 0.3) is 11.3 Å². The summed E-state index contributed by atoms with van der Waals surface area (Å²) in [7, 11) is 3.37. The Balaban J connectivity index is 1.31. The lowest BCUT2D eigenvalue weighted by molar-refractivity contribution is -0.127. The zero-order valence-electron chi connectivity index (χ0n) is 18.1. The first-order valence-corrected chi connectivity index (χ1v) is 11.5. The molecule has 0 fully saturated rings. The van der Waals surface area contributed by atoms with Crippen LogP contribution in [0.5, 0.6) is 5.75 Å². The van der Waals surface area contributed by atoms with Gasteiger partial charge in [-0.1, -0.05) is 35.5 Å². The van der Waals surface area contributed by atoms with Gasteiger partial charge in [-0.25, -0.2) is 4.68 Å². The van der Waals surface area contributed by atoms with Crippen molar-refractivity contribution in [1.29, 1.82) is 0 Å². The average molecular weight is 484 g/mol. The number of carbonyl (C=O) groups is 1. The van der Waals surface area contributed by atoms with Crippen molar-refractivity contribution in [2.24, 2.45) is 0 Å². The molecule has 0 spiro atoms. The van der Waals surface area contributed by atoms with Crippen molar-refractivity contribution in [3.05, 3.63) is 77.0 Å². The third kappa shape index (κ3) is 5.94. The number of halogens is 1. The molecule has 0 N–H and O–H groups in total. The number of nitrogens with zero attached hydrogens (tertiary/aromatic N) is 5. The quantitative estimate of drug-likeness (QED) is 0.326. The Hall–Kier alpha value is -3.30. The molecule has 2 heterocycles. The molecular formula is C23H22ClN5O3S. The lowest BCUT2D eigenvalue weighted by atomic mass is 10.2. The van der Waals surface area contributed by atoms with Gasteiger partial charge in [0, 0.05) is 17.6 Å². The number of carbonyl (C=O) groups excluding carboxylic acids is 1. The van der Waals surface area contributed by atoms with E-state index in [-0.39, 0.29) is 11.7 Å². The molecule has 0 saturated heterocycles. The summed E-state index contributed by atoms with van der Waals surface area (Å²) in [5.74, 6) is 2.38. The molecule has 0 aliphatic rings. The van der Waals surface area contributed by atoms with E-state index in [0.29, 0.717) is 29.0 Å². The van der Waals surface area contributed by atoms with Gasteiger partial charge in [-0.15, -0.1) is 5.10 Å². The predicted molar refractivity (Wildman–Crippen MR) is 126 cm³/mol. The lowest BCUT2D eigenvalue weighted by Crippen LogP contribution is -2.27. The molecule has 1 amide bonds. The van der Waals surface area contributed by atoms with E-state index in [1.54, 1.807) is 23.7 Å². The molecule has 0 atom stereocenters. The van der Waals surface area contributed by atoms with Gasteiger partial charge in [0.05, 0.1) is 26.0 Å². The highest BCUT2D eigenvalue weighted by Gasteiger charge is 2.15. The van der Waals surface area contributed by atoms with Crippen LogP contribution in [0, 0.1) is 0 Å². The molecule has 0 saturated carbocycles. The van der Waals surface area contributed by atoms with Crippen molar-refractivity contribution < 1.29 is 13.9 Å². The van der Waals surface area contributed by atoms with Crippen LogP contribution < -0.4 is 4.74 Å². The Morgan fingerprint density at radius 3 is 2.61 bits per heavy atom. The molecule has 0 aliphatic heterocycles. The molecule has 4 aromatic rings. The monoisotopic (exact) mass is 483 g/mol. The molecule has 8 nitrogen and oxygen atoms in total. The van der Waals surface area contributed by atoms with E-state index in [9.17, 15) is 4.79 Å². The Morgan fingerprint density at radius 1 is 1.12 bits per heavy atom. The minimum absolute atomic E-state index is 0.0524. The topological polar surface area (TPSA) is 86.3 Å². The summed E-state index contributed by atoms with van der Waals surface area (Å²) >= 11 is 7.24. The zero-order chi connectivity index (χ0) is 23.2. The summed E-state index contributed by atoms with van der Waals surface area (Å²) in [6, 6.07) is 18.9. The molecule has 0 radical (unpaired) electrons. The average Bonchev–Trinajstić information content (AvgIpc) is 3.48. The number of thioether (sulfide) groups is 1. The van der Waals surface area contributed by atoms with Gasteiger partial charge in [-0.05, 0) is 64.5 Å². The maximum Gasteiger partial charge on any atom is 0.233 e. The van der Waals surface area contributed by atoms with Crippen LogP contribution in [0.4, 0.5) is 0 Å². The number of rotatable bonds is 9. The van der Waals surface area contributed by atoms with Crippen LogP contribution in [0.1, 0.15) is 11.3 Å². The first-order valence-electron chi connectivity index (χ1n) is 10.1. The molecular weight excluding hydrogens is 462 g/mol. The summed E-state index contributed by atoms with van der Waals surface area (Å²) in [4.78, 5) is 14.3. The summed E-state index contributed by atoms with van der Waals surface area (Å²) in [6.45, 7) is 0.868. The van der Waals surface area contributed by atoms with Gasteiger partial charge in [0.25, 0.3) is 0 Å². The zero-order valence-corrected chi connectivity index (χ0v) is 19.7. The number of amides is 1. The van der Waals surface area contributed by atoms with Gasteiger partial charge in [0.2, 0.25) is 11.1 Å². The van der Waals surface area contributed by atoms with Crippen molar-refractivity contribution in [2.45, 2.75) is 18.2 Å². The second-order valence-corrected chi connectivity index (χ2v) is 8.66. The van der Waals surface area contributed by atoms with Crippen molar-refractivity contribution in [3.8, 4) is 17.1 Å². The van der Waals surface area contributed by atoms with E-state index >= 15 is 0 Å². The van der Waals surface area contributed by atoms with E-state index in [1.165, 1.54) is 11.8 Å². The molecule has 0 aliphatic carbocycles. The highest BCUT2D eigenvalue weighted by molar-refractivity contribution is 7.99. The number of furan rings is 1. The fraction of sp³-hybridized carbons (Fsp3) is 0.217. The number of ether oxygens (including phenoxy) is 1. The Kier molecular flexibility index (Phi) is 7.31. The number of tetrazole rings is 1. The first-order chi connectivity index (χ1) is 16.0. The van der Waals surface area contributed by atoms with E-state index in [0.717, 1.165) is 22.6 Å². The Bertz CT molecular complexity index is 1210. The highest BCUT2D eigenvalue weighted by atomic mass is 35.5. The number of aromatic nitrogens is 4. The van der Waals surface area contributed by atoms with E-state index < -0.39 is 0 Å². The molecule has 4 rings (SSSR count). The standard InChI is InChI=1S/C23H22ClN5O3S/c1-28(14-20-11-12-21(32-20)17-5-7-18(24)8-6-17)22(30)15-33-23-25-26-27-29(23)13-16-3-9-19(31-2)10-4-16/h3-12H,13-15H2,1-2H3. The van der Waals surface area contributed by atoms with Crippen LogP contribution in [0.15, 0.2) is 70.2 Å². The van der Waals surface area contributed by atoms with Crippen LogP contribution in [-0.2, 0) is 17.9 Å². The molecule has 0 unspecified atom stereocenters. The minimum atomic E-state index is -0.0524. The van der Waals surface area contributed by atoms with Gasteiger partial charge in [0.15, 0.2) is 0 Å². The predicted octanol–water partition coefficient (Wildman–Crippen LogP) is 4.39. The van der Waals surface area contributed by atoms with Crippen LogP contribution in [0.3, 0.4) is 0 Å². The van der Waals surface area contributed by atoms with Gasteiger partial charge in [-0.2, -0.15) is 0 Å². The molecule has 0 bridgehead atoms. The lowest BCUT2D eigenvalue weighted by Gasteiger charge is -2.15. The second kappa shape index (κ2) is 10.5. The summed E-state index contributed by atoms with van der Waals surface area (Å²) in [5, 5.41) is 13.1. The van der Waals surface area contributed by atoms with Crippen molar-refractivity contribution in [1.82, 2.24) is 25.1 Å². The van der Waals surface area contributed by atoms with Gasteiger partial charge >= 0.3 is 0 Å². The van der Waals surface area contributed by atoms with Gasteiger partial charge in [0.1, 0.15) is 17.3 Å². The molecule has 33 heavy (non-hydrogen) atoms. The Morgan fingerprint density at radius 2 is 1.88 bits per heavy atom. The fourth-order valence-electron chi connectivity index (χ4n) is 3.09. The fourth-order valence-corrected chi connectivity index (χ4v) is 4.04. The Labute approximate surface area is 200 Å². The largest absolute Gasteiger partial charge is 0.497 e. The minimum Gasteiger partial charge on any atom is -0.497 e. The second-order valence-electron chi connectivity index (χ2n) is 7.28. The van der Waals surface area contributed by atoms with Crippen molar-refractivity contribution in [3.63, 3.8) is 0 Å². The molecule has 2 aromatic carbocycles. The molecule has 10 heteroatoms. The summed E-state index contributed by atoms with van der Waals surface area (Å²) in [6.07, 6.45) is 0. The first kappa shape index (κ1) is 22.9. The molecule has 2 aromatic heterocycles. The third-order valence-electron chi connectivity index (χ3n) is 4.92. The van der Waals surface area contributed by atoms with Gasteiger partial charge in [-0.3, -0.25) is 4.79 Å². The SMILES string of the molecule is COc1ccc(Cn2nnnc2SCC(=O)N(C)Cc2ccc(-c3ccc(Cl)cc3)o2)cc1. The molecule has 170 valence electrons. The normalized spacial score (nSPS) is 10.9. The van der Waals surface area contributed by atoms with E-state index in [2.05, 4.69) is 15.5 Å². The van der Waals surface area contributed by atoms with Crippen LogP contribution in [0.2, 0.25) is 5.02 Å². The van der Waals surface area contributed by atoms with Gasteiger partial charge < -0.3 is 14.1 Å². The third-order valence-corrected chi connectivity index (χ3v) is 6.12. The number of benzene rings is 2. The van der Waals surface area contributed by atoms with E-state index in [4.69, 9.17) is 20.8 Å². The van der Waals surface area contributed by atoms with Crippen molar-refractivity contribution in [2.75, 3.05) is 19.9 Å². The van der Waals surface area contributed by atoms with Crippen molar-refractivity contribution >= 4 is 29.3 Å².